The van der Waals surface area contributed by atoms with Crippen molar-refractivity contribution in [2.45, 2.75) is 26.3 Å². The maximum absolute atomic E-state index is 4.29. The Morgan fingerprint density at radius 3 is 2.78 bits per heavy atom. The standard InChI is InChI=1S/C13H16BrN3S/c1-4-11(15-3)13-17-16-12(18-13)9-6-5-8(2)7-10(9)14/h5-7,11,15H,4H2,1-3H3. The van der Waals surface area contributed by atoms with Gasteiger partial charge in [0.2, 0.25) is 0 Å². The Morgan fingerprint density at radius 2 is 2.17 bits per heavy atom. The number of nitrogens with one attached hydrogen (secondary N) is 1. The SMILES string of the molecule is CCC(NC)c1nnc(-c2ccc(C)cc2Br)s1. The van der Waals surface area contributed by atoms with Crippen LogP contribution < -0.4 is 5.32 Å². The maximum atomic E-state index is 4.29. The number of aromatic nitrogens is 2. The zero-order valence-electron chi connectivity index (χ0n) is 10.7. The molecule has 0 saturated heterocycles. The van der Waals surface area contributed by atoms with Gasteiger partial charge in [0.1, 0.15) is 10.0 Å². The van der Waals surface area contributed by atoms with Gasteiger partial charge >= 0.3 is 0 Å². The van der Waals surface area contributed by atoms with Crippen LogP contribution in [-0.4, -0.2) is 17.2 Å². The van der Waals surface area contributed by atoms with Crippen LogP contribution in [0.2, 0.25) is 0 Å². The highest BCUT2D eigenvalue weighted by Crippen LogP contribution is 2.33. The largest absolute Gasteiger partial charge is 0.311 e. The zero-order chi connectivity index (χ0) is 13.1. The van der Waals surface area contributed by atoms with E-state index in [0.29, 0.717) is 6.04 Å². The van der Waals surface area contributed by atoms with Crippen LogP contribution in [-0.2, 0) is 0 Å². The lowest BCUT2D eigenvalue weighted by atomic mass is 10.2. The van der Waals surface area contributed by atoms with E-state index in [4.69, 9.17) is 0 Å². The summed E-state index contributed by atoms with van der Waals surface area (Å²) < 4.78 is 1.07. The summed E-state index contributed by atoms with van der Waals surface area (Å²) in [6.07, 6.45) is 1.01. The number of rotatable bonds is 4. The van der Waals surface area contributed by atoms with Crippen LogP contribution in [0.3, 0.4) is 0 Å². The van der Waals surface area contributed by atoms with E-state index in [0.717, 1.165) is 26.5 Å². The van der Waals surface area contributed by atoms with Gasteiger partial charge < -0.3 is 5.32 Å². The van der Waals surface area contributed by atoms with Crippen molar-refractivity contribution in [2.75, 3.05) is 7.05 Å². The number of hydrogen-bond donors (Lipinski definition) is 1. The molecule has 0 amide bonds. The summed E-state index contributed by atoms with van der Waals surface area (Å²) >= 11 is 5.24. The van der Waals surface area contributed by atoms with Gasteiger partial charge in [-0.25, -0.2) is 0 Å². The highest BCUT2D eigenvalue weighted by molar-refractivity contribution is 9.10. The van der Waals surface area contributed by atoms with Crippen molar-refractivity contribution in [1.29, 1.82) is 0 Å². The van der Waals surface area contributed by atoms with Gasteiger partial charge in [-0.1, -0.05) is 46.3 Å². The summed E-state index contributed by atoms with van der Waals surface area (Å²) in [5.74, 6) is 0. The van der Waals surface area contributed by atoms with E-state index in [1.165, 1.54) is 5.56 Å². The van der Waals surface area contributed by atoms with E-state index in [1.54, 1.807) is 11.3 Å². The van der Waals surface area contributed by atoms with Crippen molar-refractivity contribution >= 4 is 27.3 Å². The summed E-state index contributed by atoms with van der Waals surface area (Å²) in [7, 11) is 1.96. The van der Waals surface area contributed by atoms with Crippen LogP contribution in [0.1, 0.15) is 30.0 Å². The average Bonchev–Trinajstić information content (AvgIpc) is 2.80. The Morgan fingerprint density at radius 1 is 1.39 bits per heavy atom. The van der Waals surface area contributed by atoms with Crippen LogP contribution >= 0.6 is 27.3 Å². The van der Waals surface area contributed by atoms with Gasteiger partial charge in [0.05, 0.1) is 6.04 Å². The summed E-state index contributed by atoms with van der Waals surface area (Å²) in [5.41, 5.74) is 2.34. The average molecular weight is 326 g/mol. The molecule has 2 aromatic rings. The molecular formula is C13H16BrN3S. The van der Waals surface area contributed by atoms with Crippen molar-refractivity contribution in [3.05, 3.63) is 33.2 Å². The van der Waals surface area contributed by atoms with Crippen LogP contribution in [0.15, 0.2) is 22.7 Å². The minimum atomic E-state index is 0.292. The normalized spacial score (nSPS) is 12.7. The molecule has 0 bridgehead atoms. The van der Waals surface area contributed by atoms with E-state index >= 15 is 0 Å². The molecule has 1 N–H and O–H groups in total. The molecule has 1 aromatic carbocycles. The second-order valence-corrected chi connectivity index (χ2v) is 6.04. The summed E-state index contributed by atoms with van der Waals surface area (Å²) in [6.45, 7) is 4.22. The zero-order valence-corrected chi connectivity index (χ0v) is 13.1. The molecule has 1 heterocycles. The molecular weight excluding hydrogens is 310 g/mol. The maximum Gasteiger partial charge on any atom is 0.148 e. The molecule has 18 heavy (non-hydrogen) atoms. The van der Waals surface area contributed by atoms with Crippen LogP contribution in [0.25, 0.3) is 10.6 Å². The number of nitrogens with zero attached hydrogens (tertiary/aromatic N) is 2. The number of halogens is 1. The lowest BCUT2D eigenvalue weighted by Crippen LogP contribution is -2.14. The van der Waals surface area contributed by atoms with Gasteiger partial charge in [0, 0.05) is 10.0 Å². The fourth-order valence-electron chi connectivity index (χ4n) is 1.78. The number of aryl methyl sites for hydroxylation is 1. The molecule has 0 aliphatic rings. The van der Waals surface area contributed by atoms with E-state index in [2.05, 4.69) is 63.5 Å². The fraction of sp³-hybridized carbons (Fsp3) is 0.385. The lowest BCUT2D eigenvalue weighted by Gasteiger charge is -2.08. The molecule has 2 rings (SSSR count). The Labute approximate surface area is 120 Å². The monoisotopic (exact) mass is 325 g/mol. The molecule has 1 atom stereocenters. The Bertz CT molecular complexity index is 535. The molecule has 0 fully saturated rings. The first-order valence-corrected chi connectivity index (χ1v) is 7.53. The quantitative estimate of drug-likeness (QED) is 0.924. The molecule has 0 aliphatic heterocycles. The molecule has 1 aromatic heterocycles. The molecule has 1 unspecified atom stereocenters. The summed E-state index contributed by atoms with van der Waals surface area (Å²) in [5, 5.41) is 13.8. The second kappa shape index (κ2) is 5.91. The van der Waals surface area contributed by atoms with E-state index in [9.17, 15) is 0 Å². The third kappa shape index (κ3) is 2.79. The molecule has 0 aliphatic carbocycles. The summed E-state index contributed by atoms with van der Waals surface area (Å²) in [6, 6.07) is 6.58. The Hall–Kier alpha value is -0.780. The van der Waals surface area contributed by atoms with E-state index in [-0.39, 0.29) is 0 Å². The highest BCUT2D eigenvalue weighted by Gasteiger charge is 2.15. The Balaban J connectivity index is 2.34. The van der Waals surface area contributed by atoms with E-state index in [1.807, 2.05) is 7.05 Å². The minimum Gasteiger partial charge on any atom is -0.311 e. The first kappa shape index (κ1) is 13.6. The first-order valence-electron chi connectivity index (χ1n) is 5.93. The topological polar surface area (TPSA) is 37.8 Å². The van der Waals surface area contributed by atoms with Gasteiger partial charge in [-0.3, -0.25) is 0 Å². The van der Waals surface area contributed by atoms with Crippen LogP contribution in [0, 0.1) is 6.92 Å². The molecule has 96 valence electrons. The molecule has 0 saturated carbocycles. The highest BCUT2D eigenvalue weighted by atomic mass is 79.9. The van der Waals surface area contributed by atoms with Crippen molar-refractivity contribution in [1.82, 2.24) is 15.5 Å². The third-order valence-corrected chi connectivity index (χ3v) is 4.58. The fourth-order valence-corrected chi connectivity index (χ4v) is 3.67. The van der Waals surface area contributed by atoms with Crippen LogP contribution in [0.4, 0.5) is 0 Å². The van der Waals surface area contributed by atoms with E-state index < -0.39 is 0 Å². The molecule has 0 spiro atoms. The van der Waals surface area contributed by atoms with Crippen LogP contribution in [0.5, 0.6) is 0 Å². The Kier molecular flexibility index (Phi) is 4.48. The second-order valence-electron chi connectivity index (χ2n) is 4.18. The van der Waals surface area contributed by atoms with Gasteiger partial charge in [0.25, 0.3) is 0 Å². The number of benzene rings is 1. The first-order chi connectivity index (χ1) is 8.65. The molecule has 5 heteroatoms. The predicted molar refractivity (Wildman–Crippen MR) is 79.9 cm³/mol. The third-order valence-electron chi connectivity index (χ3n) is 2.85. The minimum absolute atomic E-state index is 0.292. The van der Waals surface area contributed by atoms with Crippen molar-refractivity contribution in [3.8, 4) is 10.6 Å². The molecule has 0 radical (unpaired) electrons. The summed E-state index contributed by atoms with van der Waals surface area (Å²) in [4.78, 5) is 0. The van der Waals surface area contributed by atoms with Gasteiger partial charge in [-0.15, -0.1) is 10.2 Å². The van der Waals surface area contributed by atoms with Gasteiger partial charge in [-0.2, -0.15) is 0 Å². The lowest BCUT2D eigenvalue weighted by molar-refractivity contribution is 0.568. The molecule has 3 nitrogen and oxygen atoms in total. The van der Waals surface area contributed by atoms with Crippen molar-refractivity contribution < 1.29 is 0 Å². The van der Waals surface area contributed by atoms with Gasteiger partial charge in [-0.05, 0) is 32.0 Å². The predicted octanol–water partition coefficient (Wildman–Crippen LogP) is 3.95. The number of hydrogen-bond acceptors (Lipinski definition) is 4. The van der Waals surface area contributed by atoms with Gasteiger partial charge in [0.15, 0.2) is 0 Å². The van der Waals surface area contributed by atoms with Crippen molar-refractivity contribution in [2.24, 2.45) is 0 Å². The smallest absolute Gasteiger partial charge is 0.148 e. The van der Waals surface area contributed by atoms with Crippen molar-refractivity contribution in [3.63, 3.8) is 0 Å².